The van der Waals surface area contributed by atoms with Crippen molar-refractivity contribution in [3.05, 3.63) is 17.0 Å². The maximum Gasteiger partial charge on any atom is 0.250 e. The third-order valence-corrected chi connectivity index (χ3v) is 6.96. The van der Waals surface area contributed by atoms with Crippen LogP contribution < -0.4 is 10.0 Å². The molecule has 102 valence electrons. The molecule has 1 unspecified atom stereocenters. The van der Waals surface area contributed by atoms with Crippen molar-refractivity contribution in [3.8, 4) is 0 Å². The predicted octanol–water partition coefficient (Wildman–Crippen LogP) is 1.64. The molecule has 1 atom stereocenters. The van der Waals surface area contributed by atoms with Gasteiger partial charge in [-0.05, 0) is 30.9 Å². The molecule has 1 aromatic heterocycles. The molecule has 2 rings (SSSR count). The van der Waals surface area contributed by atoms with Crippen LogP contribution in [0.25, 0.3) is 0 Å². The average Bonchev–Trinajstić information content (AvgIpc) is 2.96. The molecule has 0 aromatic carbocycles. The Balaban J connectivity index is 2.02. The van der Waals surface area contributed by atoms with Crippen molar-refractivity contribution in [2.75, 3.05) is 18.1 Å². The summed E-state index contributed by atoms with van der Waals surface area (Å²) in [6.45, 7) is 3.65. The van der Waals surface area contributed by atoms with E-state index in [2.05, 4.69) is 10.0 Å². The number of nitrogens with one attached hydrogen (secondary N) is 2. The van der Waals surface area contributed by atoms with Gasteiger partial charge in [-0.2, -0.15) is 11.8 Å². The van der Waals surface area contributed by atoms with Crippen LogP contribution in [0.1, 0.15) is 18.2 Å². The van der Waals surface area contributed by atoms with E-state index in [1.807, 2.05) is 13.0 Å². The van der Waals surface area contributed by atoms with E-state index in [4.69, 9.17) is 0 Å². The lowest BCUT2D eigenvalue weighted by Crippen LogP contribution is -2.34. The zero-order valence-corrected chi connectivity index (χ0v) is 12.8. The lowest BCUT2D eigenvalue weighted by Gasteiger charge is -2.10. The lowest BCUT2D eigenvalue weighted by molar-refractivity contribution is 0.565. The Bertz CT molecular complexity index is 478. The molecule has 7 heteroatoms. The summed E-state index contributed by atoms with van der Waals surface area (Å²) in [6.07, 6.45) is 0.930. The first-order chi connectivity index (χ1) is 8.62. The Morgan fingerprint density at radius 1 is 1.44 bits per heavy atom. The van der Waals surface area contributed by atoms with E-state index in [0.29, 0.717) is 4.21 Å². The van der Waals surface area contributed by atoms with E-state index >= 15 is 0 Å². The number of hydrogen-bond donors (Lipinski definition) is 2. The first-order valence-electron chi connectivity index (χ1n) is 6.01. The second-order valence-corrected chi connectivity index (χ2v) is 8.44. The SMILES string of the molecule is CCNCc1ccc(S(=O)(=O)NC2CCSC2)s1. The summed E-state index contributed by atoms with van der Waals surface area (Å²) in [5.74, 6) is 1.93. The molecular weight excluding hydrogens is 288 g/mol. The standard InChI is InChI=1S/C11H18N2O2S3/c1-2-12-7-10-3-4-11(17-10)18(14,15)13-9-5-6-16-8-9/h3-4,9,12-13H,2,5-8H2,1H3. The van der Waals surface area contributed by atoms with E-state index < -0.39 is 10.0 Å². The first-order valence-corrected chi connectivity index (χ1v) is 9.47. The van der Waals surface area contributed by atoms with E-state index in [-0.39, 0.29) is 6.04 Å². The topological polar surface area (TPSA) is 58.2 Å². The van der Waals surface area contributed by atoms with Gasteiger partial charge in [0.1, 0.15) is 4.21 Å². The quantitative estimate of drug-likeness (QED) is 0.839. The summed E-state index contributed by atoms with van der Waals surface area (Å²) in [4.78, 5) is 1.05. The molecular formula is C11H18N2O2S3. The third-order valence-electron chi connectivity index (χ3n) is 2.70. The van der Waals surface area contributed by atoms with Gasteiger partial charge in [-0.25, -0.2) is 13.1 Å². The summed E-state index contributed by atoms with van der Waals surface area (Å²) in [7, 11) is -3.32. The maximum absolute atomic E-state index is 12.1. The molecule has 1 aliphatic rings. The normalized spacial score (nSPS) is 20.4. The van der Waals surface area contributed by atoms with Crippen LogP contribution in [0.15, 0.2) is 16.3 Å². The zero-order chi connectivity index (χ0) is 13.0. The van der Waals surface area contributed by atoms with Crippen molar-refractivity contribution < 1.29 is 8.42 Å². The van der Waals surface area contributed by atoms with Gasteiger partial charge >= 0.3 is 0 Å². The molecule has 18 heavy (non-hydrogen) atoms. The summed E-state index contributed by atoms with van der Waals surface area (Å²) in [5, 5.41) is 3.19. The van der Waals surface area contributed by atoms with Gasteiger partial charge in [0, 0.05) is 23.2 Å². The van der Waals surface area contributed by atoms with E-state index in [0.717, 1.165) is 35.9 Å². The van der Waals surface area contributed by atoms with E-state index in [1.54, 1.807) is 17.8 Å². The summed E-state index contributed by atoms with van der Waals surface area (Å²) < 4.78 is 27.5. The number of thioether (sulfide) groups is 1. The Hall–Kier alpha value is -0.0800. The highest BCUT2D eigenvalue weighted by atomic mass is 32.2. The molecule has 0 radical (unpaired) electrons. The molecule has 0 bridgehead atoms. The largest absolute Gasteiger partial charge is 0.312 e. The van der Waals surface area contributed by atoms with Crippen LogP contribution in [-0.2, 0) is 16.6 Å². The van der Waals surface area contributed by atoms with Gasteiger partial charge in [-0.15, -0.1) is 11.3 Å². The highest BCUT2D eigenvalue weighted by Gasteiger charge is 2.24. The highest BCUT2D eigenvalue weighted by Crippen LogP contribution is 2.24. The predicted molar refractivity (Wildman–Crippen MR) is 77.8 cm³/mol. The third kappa shape index (κ3) is 3.71. The molecule has 0 aliphatic carbocycles. The minimum absolute atomic E-state index is 0.0966. The first kappa shape index (κ1) is 14.3. The van der Waals surface area contributed by atoms with Crippen molar-refractivity contribution in [3.63, 3.8) is 0 Å². The van der Waals surface area contributed by atoms with Crippen molar-refractivity contribution in [2.45, 2.75) is 30.1 Å². The summed E-state index contributed by atoms with van der Waals surface area (Å²) >= 11 is 3.14. The molecule has 1 fully saturated rings. The zero-order valence-electron chi connectivity index (χ0n) is 10.3. The number of sulfonamides is 1. The second kappa shape index (κ2) is 6.38. The fraction of sp³-hybridized carbons (Fsp3) is 0.636. The average molecular weight is 306 g/mol. The van der Waals surface area contributed by atoms with Crippen LogP contribution in [0, 0.1) is 0 Å². The van der Waals surface area contributed by atoms with E-state index in [1.165, 1.54) is 11.3 Å². The Kier molecular flexibility index (Phi) is 5.08. The summed E-state index contributed by atoms with van der Waals surface area (Å²) in [5.41, 5.74) is 0. The molecule has 1 aromatic rings. The van der Waals surface area contributed by atoms with Crippen LogP contribution in [0.2, 0.25) is 0 Å². The number of thiophene rings is 1. The maximum atomic E-state index is 12.1. The molecule has 0 amide bonds. The van der Waals surface area contributed by atoms with Gasteiger partial charge in [-0.1, -0.05) is 6.92 Å². The van der Waals surface area contributed by atoms with Gasteiger partial charge < -0.3 is 5.32 Å². The fourth-order valence-electron chi connectivity index (χ4n) is 1.75. The van der Waals surface area contributed by atoms with Gasteiger partial charge in [-0.3, -0.25) is 0 Å². The molecule has 0 spiro atoms. The molecule has 1 aliphatic heterocycles. The number of hydrogen-bond acceptors (Lipinski definition) is 5. The van der Waals surface area contributed by atoms with Crippen molar-refractivity contribution >= 4 is 33.1 Å². The molecule has 4 nitrogen and oxygen atoms in total. The molecule has 1 saturated heterocycles. The van der Waals surface area contributed by atoms with Crippen molar-refractivity contribution in [2.24, 2.45) is 0 Å². The van der Waals surface area contributed by atoms with Crippen LogP contribution in [0.4, 0.5) is 0 Å². The van der Waals surface area contributed by atoms with Gasteiger partial charge in [0.05, 0.1) is 0 Å². The van der Waals surface area contributed by atoms with Crippen LogP contribution in [0.5, 0.6) is 0 Å². The van der Waals surface area contributed by atoms with Crippen molar-refractivity contribution in [1.29, 1.82) is 0 Å². The van der Waals surface area contributed by atoms with Crippen molar-refractivity contribution in [1.82, 2.24) is 10.0 Å². The lowest BCUT2D eigenvalue weighted by atomic mass is 10.3. The molecule has 2 heterocycles. The number of rotatable bonds is 6. The Morgan fingerprint density at radius 2 is 2.28 bits per heavy atom. The summed E-state index contributed by atoms with van der Waals surface area (Å²) in [6, 6.07) is 3.67. The van der Waals surface area contributed by atoms with Crippen LogP contribution in [0.3, 0.4) is 0 Å². The second-order valence-electron chi connectivity index (χ2n) is 4.18. The monoisotopic (exact) mass is 306 g/mol. The Morgan fingerprint density at radius 3 is 2.94 bits per heavy atom. The molecule has 0 saturated carbocycles. The van der Waals surface area contributed by atoms with Crippen LogP contribution >= 0.6 is 23.1 Å². The fourth-order valence-corrected chi connectivity index (χ4v) is 5.62. The molecule has 2 N–H and O–H groups in total. The smallest absolute Gasteiger partial charge is 0.250 e. The van der Waals surface area contributed by atoms with E-state index in [9.17, 15) is 8.42 Å². The van der Waals surface area contributed by atoms with Gasteiger partial charge in [0.15, 0.2) is 0 Å². The minimum atomic E-state index is -3.32. The Labute approximate surface area is 117 Å². The minimum Gasteiger partial charge on any atom is -0.312 e. The highest BCUT2D eigenvalue weighted by molar-refractivity contribution is 7.99. The van der Waals surface area contributed by atoms with Crippen LogP contribution in [-0.4, -0.2) is 32.5 Å². The van der Waals surface area contributed by atoms with Gasteiger partial charge in [0.25, 0.3) is 0 Å². The van der Waals surface area contributed by atoms with Gasteiger partial charge in [0.2, 0.25) is 10.0 Å².